The Morgan fingerprint density at radius 2 is 1.39 bits per heavy atom. The van der Waals surface area contributed by atoms with Crippen molar-refractivity contribution in [2.24, 2.45) is 0 Å². The molecule has 2 aliphatic heterocycles. The molecule has 11 unspecified atom stereocenters. The first-order valence-electron chi connectivity index (χ1n) is 14.0. The molecule has 0 saturated carbocycles. The van der Waals surface area contributed by atoms with Crippen LogP contribution in [0, 0.1) is 0 Å². The van der Waals surface area contributed by atoms with Crippen LogP contribution in [0.25, 0.3) is 22.3 Å². The summed E-state index contributed by atoms with van der Waals surface area (Å²) >= 11 is 0. The van der Waals surface area contributed by atoms with Crippen LogP contribution >= 0.6 is 23.5 Å². The number of rotatable bonds is 12. The van der Waals surface area contributed by atoms with E-state index >= 15 is 0 Å². The summed E-state index contributed by atoms with van der Waals surface area (Å²) < 4.78 is 67.5. The minimum Gasteiger partial charge on any atom is -0.387 e. The summed E-state index contributed by atoms with van der Waals surface area (Å²) in [4.78, 5) is 72.7. The smallest absolute Gasteiger partial charge is 0.387 e. The lowest BCUT2D eigenvalue weighted by molar-refractivity contribution is -0.745. The number of aromatic amines is 3. The quantitative estimate of drug-likeness (QED) is 0.0475. The molecule has 4 aromatic heterocycles. The number of aliphatic hydroxyl groups excluding tert-OH is 4. The van der Waals surface area contributed by atoms with E-state index < -0.39 is 96.9 Å². The lowest BCUT2D eigenvalue weighted by atomic mass is 10.1. The largest absolute Gasteiger partial charge is 0.490 e. The molecule has 11 atom stereocenters. The molecule has 2 saturated heterocycles. The van der Waals surface area contributed by atoms with Crippen LogP contribution in [0.5, 0.6) is 0 Å². The molecule has 14 N–H and O–H groups in total. The van der Waals surface area contributed by atoms with Gasteiger partial charge in [-0.3, -0.25) is 38.2 Å². The first kappa shape index (κ1) is 37.2. The first-order chi connectivity index (χ1) is 23.8. The Morgan fingerprint density at radius 1 is 0.824 bits per heavy atom. The predicted molar refractivity (Wildman–Crippen MR) is 159 cm³/mol. The van der Waals surface area contributed by atoms with Gasteiger partial charge in [-0.05, 0) is 0 Å². The molecule has 28 nitrogen and oxygen atoms in total. The summed E-state index contributed by atoms with van der Waals surface area (Å²) in [5.74, 6) is -0.601. The van der Waals surface area contributed by atoms with E-state index in [1.807, 2.05) is 0 Å². The number of H-pyrrole nitrogens is 3. The number of aliphatic hydroxyl groups is 4. The van der Waals surface area contributed by atoms with Gasteiger partial charge in [0.05, 0.1) is 19.5 Å². The number of nitrogens with two attached hydrogens (primary N) is 2. The fourth-order valence-electron chi connectivity index (χ4n) is 5.17. The number of nitrogen functional groups attached to an aromatic ring is 2. The molecule has 0 aliphatic carbocycles. The Balaban J connectivity index is 1.04. The topological polar surface area (TPSA) is 429 Å². The van der Waals surface area contributed by atoms with Crippen molar-refractivity contribution in [1.82, 2.24) is 34.5 Å². The normalized spacial score (nSPS) is 30.4. The van der Waals surface area contributed by atoms with Gasteiger partial charge in [0.2, 0.25) is 17.7 Å². The molecule has 0 bridgehead atoms. The van der Waals surface area contributed by atoms with Gasteiger partial charge in [0.25, 0.3) is 17.1 Å². The van der Waals surface area contributed by atoms with Crippen molar-refractivity contribution >= 4 is 57.7 Å². The first-order valence-corrected chi connectivity index (χ1v) is 18.5. The number of hydrogen-bond donors (Lipinski definition) is 12. The van der Waals surface area contributed by atoms with Gasteiger partial charge >= 0.3 is 29.1 Å². The zero-order valence-electron chi connectivity index (χ0n) is 25.0. The van der Waals surface area contributed by atoms with E-state index in [9.17, 15) is 58.4 Å². The Kier molecular flexibility index (Phi) is 9.83. The average molecular weight is 789 g/mol. The number of aromatic nitrogens is 8. The highest BCUT2D eigenvalue weighted by atomic mass is 31.3. The Labute approximate surface area is 280 Å². The molecule has 0 amide bonds. The summed E-state index contributed by atoms with van der Waals surface area (Å²) in [6.07, 6.45) is -11.1. The van der Waals surface area contributed by atoms with Crippen molar-refractivity contribution in [2.45, 2.75) is 49.1 Å². The minimum absolute atomic E-state index is 0.0781. The Bertz CT molecular complexity index is 2080. The number of hydrogen-bond acceptors (Lipinski definition) is 20. The highest BCUT2D eigenvalue weighted by Gasteiger charge is 2.50. The molecule has 0 spiro atoms. The highest BCUT2D eigenvalue weighted by Crippen LogP contribution is 2.67. The van der Waals surface area contributed by atoms with Crippen molar-refractivity contribution in [3.05, 3.63) is 33.4 Å². The average Bonchev–Trinajstić information content (AvgIpc) is 3.76. The number of imidazole rings is 2. The zero-order chi connectivity index (χ0) is 37.2. The van der Waals surface area contributed by atoms with Crippen molar-refractivity contribution in [2.75, 3.05) is 24.7 Å². The second-order valence-electron chi connectivity index (χ2n) is 10.9. The summed E-state index contributed by atoms with van der Waals surface area (Å²) in [7, 11) is -17.4. The number of phosphoric acid groups is 3. The highest BCUT2D eigenvalue weighted by molar-refractivity contribution is 7.66. The molecule has 0 radical (unpaired) electrons. The van der Waals surface area contributed by atoms with E-state index in [2.05, 4.69) is 47.6 Å². The van der Waals surface area contributed by atoms with Gasteiger partial charge < -0.3 is 56.0 Å². The molecule has 280 valence electrons. The maximum Gasteiger partial charge on any atom is 0.490 e. The number of anilines is 2. The molecule has 2 aliphatic rings. The molecule has 6 rings (SSSR count). The van der Waals surface area contributed by atoms with Crippen LogP contribution in [-0.4, -0.2) is 119 Å². The third-order valence-electron chi connectivity index (χ3n) is 7.40. The third kappa shape index (κ3) is 7.53. The van der Waals surface area contributed by atoms with Gasteiger partial charge in [-0.1, -0.05) is 4.98 Å². The van der Waals surface area contributed by atoms with E-state index in [1.165, 1.54) is 0 Å². The van der Waals surface area contributed by atoms with E-state index in [-0.39, 0.29) is 34.2 Å². The molecular weight excluding hydrogens is 761 g/mol. The molecule has 31 heteroatoms. The van der Waals surface area contributed by atoms with Crippen LogP contribution in [0.3, 0.4) is 0 Å². The molecular formula is C20H28N10O18P3+. The maximum atomic E-state index is 12.4. The molecule has 51 heavy (non-hydrogen) atoms. The lowest BCUT2D eigenvalue weighted by Crippen LogP contribution is -2.46. The van der Waals surface area contributed by atoms with E-state index in [1.54, 1.807) is 0 Å². The summed E-state index contributed by atoms with van der Waals surface area (Å²) in [6, 6.07) is 0. The van der Waals surface area contributed by atoms with Gasteiger partial charge in [-0.15, -0.1) is 0 Å². The van der Waals surface area contributed by atoms with E-state index in [0.29, 0.717) is 0 Å². The van der Waals surface area contributed by atoms with Crippen molar-refractivity contribution in [3.63, 3.8) is 0 Å². The van der Waals surface area contributed by atoms with Crippen molar-refractivity contribution in [1.29, 1.82) is 0 Å². The Morgan fingerprint density at radius 3 is 2.04 bits per heavy atom. The van der Waals surface area contributed by atoms with Crippen LogP contribution in [0.2, 0.25) is 0 Å². The van der Waals surface area contributed by atoms with Gasteiger partial charge in [0.15, 0.2) is 23.7 Å². The van der Waals surface area contributed by atoms with Crippen molar-refractivity contribution in [3.8, 4) is 0 Å². The predicted octanol–water partition coefficient (Wildman–Crippen LogP) is -4.56. The van der Waals surface area contributed by atoms with Gasteiger partial charge in [-0.2, -0.15) is 13.6 Å². The number of phosphoric ester groups is 2. The monoisotopic (exact) mass is 789 g/mol. The molecule has 0 aromatic carbocycles. The van der Waals surface area contributed by atoms with Crippen LogP contribution in [0.1, 0.15) is 12.5 Å². The van der Waals surface area contributed by atoms with Crippen LogP contribution in [-0.2, 0) is 40.8 Å². The third-order valence-corrected chi connectivity index (χ3v) is 11.7. The maximum absolute atomic E-state index is 12.4. The second kappa shape index (κ2) is 13.5. The van der Waals surface area contributed by atoms with E-state index in [4.69, 9.17) is 20.9 Å². The molecule has 4 aromatic rings. The van der Waals surface area contributed by atoms with Gasteiger partial charge in [0.1, 0.15) is 36.6 Å². The minimum atomic E-state index is -6.00. The van der Waals surface area contributed by atoms with Crippen molar-refractivity contribution < 1.29 is 80.5 Å². The molecule has 2 fully saturated rings. The standard InChI is InChI=1S/C20H27N10O18P3/c21-19-25-13-7(15(35)27-19)23-3-29(13)17-11(33)9(31)5(45-17)1-43-49(37,38)47-51(41,42)48-50(39,40)44-2-6-10(32)12(34)18(46-6)30-4-24-8-14(30)26-20(22)28-16(8)36/h3-6,9-12,17-18,31-34H,1-2H2,(H9,21,22,25,26,27,28,35,36,37,38,39,40,41,42)/p+1. The van der Waals surface area contributed by atoms with Gasteiger partial charge in [0, 0.05) is 0 Å². The van der Waals surface area contributed by atoms with Gasteiger partial charge in [-0.25, -0.2) is 23.2 Å². The number of ether oxygens (including phenoxy) is 2. The summed E-state index contributed by atoms with van der Waals surface area (Å²) in [5.41, 5.74) is 9.16. The number of nitrogens with zero attached hydrogens (tertiary/aromatic N) is 5. The number of nitrogens with one attached hydrogen (secondary N) is 3. The van der Waals surface area contributed by atoms with Crippen LogP contribution in [0.4, 0.5) is 11.9 Å². The fraction of sp³-hybridized carbons (Fsp3) is 0.500. The second-order valence-corrected chi connectivity index (χ2v) is 15.5. The lowest BCUT2D eigenvalue weighted by Gasteiger charge is -2.21. The Hall–Kier alpha value is -3.53. The number of fused-ring (bicyclic) bond motifs is 2. The zero-order valence-corrected chi connectivity index (χ0v) is 27.7. The fourth-order valence-corrected chi connectivity index (χ4v) is 8.69. The molecule has 6 heterocycles. The van der Waals surface area contributed by atoms with E-state index in [0.717, 1.165) is 21.8 Å². The summed E-state index contributed by atoms with van der Waals surface area (Å²) in [6.45, 7) is -2.18. The SMILES string of the molecule is Nc1nc2c(ncn2C2OC(COP(=O)(O)OP(=O)(O)OP(=O)(O)OCC3OC([n+]4c[nH]c5c(=O)[nH]c(N)nc54)C(O)C3O)C(O)C2O)c(=O)[nH]1. The van der Waals surface area contributed by atoms with Crippen LogP contribution < -0.4 is 27.2 Å². The van der Waals surface area contributed by atoms with Crippen LogP contribution in [0.15, 0.2) is 22.2 Å². The summed E-state index contributed by atoms with van der Waals surface area (Å²) in [5, 5.41) is 41.9.